The van der Waals surface area contributed by atoms with Crippen LogP contribution in [0.3, 0.4) is 0 Å². The fourth-order valence-electron chi connectivity index (χ4n) is 5.37. The van der Waals surface area contributed by atoms with Crippen LogP contribution < -0.4 is 0 Å². The number of carbonyl (C=O) groups excluding carboxylic acids is 6. The molecule has 0 fully saturated rings. The second-order valence-corrected chi connectivity index (χ2v) is 12.1. The number of rotatable bonds is 27. The van der Waals surface area contributed by atoms with Gasteiger partial charge >= 0.3 is 0 Å². The Morgan fingerprint density at radius 3 is 1.35 bits per heavy atom. The molecule has 0 spiro atoms. The lowest BCUT2D eigenvalue weighted by Gasteiger charge is -2.23. The molecule has 2 atom stereocenters. The molecule has 0 radical (unpaired) electrons. The summed E-state index contributed by atoms with van der Waals surface area (Å²) in [6.45, 7) is 13.0. The molecule has 0 aromatic heterocycles. The fraction of sp³-hybridized carbons (Fsp3) is 0.676. The van der Waals surface area contributed by atoms with Crippen molar-refractivity contribution in [3.63, 3.8) is 0 Å². The summed E-state index contributed by atoms with van der Waals surface area (Å²) in [7, 11) is 0. The van der Waals surface area contributed by atoms with Gasteiger partial charge in [-0.05, 0) is 64.5 Å². The summed E-state index contributed by atoms with van der Waals surface area (Å²) in [4.78, 5) is 75.6. The molecule has 9 heteroatoms. The van der Waals surface area contributed by atoms with Gasteiger partial charge < -0.3 is 14.4 Å². The Kier molecular flexibility index (Phi) is 20.8. The van der Waals surface area contributed by atoms with Gasteiger partial charge in [-0.25, -0.2) is 0 Å². The molecule has 9 nitrogen and oxygen atoms in total. The Bertz CT molecular complexity index is 1060. The number of amides is 1. The monoisotopic (exact) mass is 643 g/mol. The van der Waals surface area contributed by atoms with Crippen LogP contribution in [0.15, 0.2) is 24.3 Å². The van der Waals surface area contributed by atoms with Crippen molar-refractivity contribution in [2.45, 2.75) is 106 Å². The van der Waals surface area contributed by atoms with Crippen molar-refractivity contribution in [3.05, 3.63) is 35.4 Å². The van der Waals surface area contributed by atoms with Crippen LogP contribution in [0.25, 0.3) is 0 Å². The Morgan fingerprint density at radius 1 is 0.587 bits per heavy atom. The van der Waals surface area contributed by atoms with Crippen LogP contribution >= 0.6 is 0 Å². The van der Waals surface area contributed by atoms with Crippen molar-refractivity contribution < 1.29 is 38.2 Å². The predicted molar refractivity (Wildman–Crippen MR) is 179 cm³/mol. The van der Waals surface area contributed by atoms with E-state index in [1.54, 1.807) is 29.2 Å². The highest BCUT2D eigenvalue weighted by Gasteiger charge is 2.20. The Balaban J connectivity index is 2.68. The van der Waals surface area contributed by atoms with Gasteiger partial charge in [-0.1, -0.05) is 39.8 Å². The lowest BCUT2D eigenvalue weighted by Crippen LogP contribution is -2.34. The largest absolute Gasteiger partial charge is 0.381 e. The number of Topliss-reactive ketones (excluding diaryl/α,β-unsaturated/α-hetero) is 5. The minimum absolute atomic E-state index is 0.00992. The van der Waals surface area contributed by atoms with E-state index in [0.29, 0.717) is 63.1 Å². The minimum atomic E-state index is -0.233. The zero-order valence-electron chi connectivity index (χ0n) is 29.1. The van der Waals surface area contributed by atoms with Crippen LogP contribution in [-0.4, -0.2) is 79.2 Å². The zero-order chi connectivity index (χ0) is 34.5. The average Bonchev–Trinajstić information content (AvgIpc) is 3.04. The van der Waals surface area contributed by atoms with Gasteiger partial charge in [0.1, 0.15) is 23.1 Å². The zero-order valence-corrected chi connectivity index (χ0v) is 29.1. The van der Waals surface area contributed by atoms with Crippen molar-refractivity contribution >= 4 is 34.8 Å². The number of hydrogen-bond donors (Lipinski definition) is 0. The van der Waals surface area contributed by atoms with Gasteiger partial charge in [0.05, 0.1) is 13.2 Å². The van der Waals surface area contributed by atoms with Crippen LogP contribution in [-0.2, 0) is 28.7 Å². The standard InChI is InChI=1S/C37H57NO8/c1-7-29(8-2)36(43)32-13-15-33(16-14-32)37(44)38(19-11-21-45-23-17-34(41)25-30(9-3)27(5)39)20-12-22-46-24-18-35(42)26-31(10-4)28(6)40/h13-16,29-31H,7-12,17-26H2,1-6H3. The van der Waals surface area contributed by atoms with Crippen molar-refractivity contribution in [1.82, 2.24) is 4.90 Å². The SMILES string of the molecule is CCC(CC(=O)CCOCCCN(CCCOCCC(=O)CC(CC)C(C)=O)C(=O)c1ccc(C(=O)C(CC)CC)cc1)C(C)=O. The highest BCUT2D eigenvalue weighted by Crippen LogP contribution is 2.18. The van der Waals surface area contributed by atoms with Crippen LogP contribution in [0.1, 0.15) is 126 Å². The average molecular weight is 644 g/mol. The summed E-state index contributed by atoms with van der Waals surface area (Å²) in [5.74, 6) is -0.488. The number of benzene rings is 1. The number of nitrogens with zero attached hydrogens (tertiary/aromatic N) is 1. The first-order valence-corrected chi connectivity index (χ1v) is 17.1. The van der Waals surface area contributed by atoms with E-state index in [0.717, 1.165) is 12.8 Å². The Morgan fingerprint density at radius 2 is 0.978 bits per heavy atom. The quantitative estimate of drug-likeness (QED) is 0.0787. The second-order valence-electron chi connectivity index (χ2n) is 12.1. The second kappa shape index (κ2) is 23.3. The van der Waals surface area contributed by atoms with E-state index in [2.05, 4.69) is 0 Å². The van der Waals surface area contributed by atoms with Gasteiger partial charge in [0.2, 0.25) is 0 Å². The molecule has 1 rings (SSSR count). The van der Waals surface area contributed by atoms with Crippen LogP contribution in [0, 0.1) is 17.8 Å². The Labute approximate surface area is 276 Å². The maximum Gasteiger partial charge on any atom is 0.253 e. The molecular formula is C37H57NO8. The van der Waals surface area contributed by atoms with Crippen LogP contribution in [0.5, 0.6) is 0 Å². The fourth-order valence-corrected chi connectivity index (χ4v) is 5.37. The van der Waals surface area contributed by atoms with Crippen molar-refractivity contribution in [3.8, 4) is 0 Å². The van der Waals surface area contributed by atoms with E-state index in [1.165, 1.54) is 13.8 Å². The molecule has 0 saturated heterocycles. The lowest BCUT2D eigenvalue weighted by molar-refractivity contribution is -0.127. The van der Waals surface area contributed by atoms with E-state index in [1.807, 2.05) is 27.7 Å². The summed E-state index contributed by atoms with van der Waals surface area (Å²) in [5.41, 5.74) is 1.09. The van der Waals surface area contributed by atoms with E-state index < -0.39 is 0 Å². The smallest absolute Gasteiger partial charge is 0.253 e. The third-order valence-electron chi connectivity index (χ3n) is 8.63. The van der Waals surface area contributed by atoms with Crippen molar-refractivity contribution in [1.29, 1.82) is 0 Å². The molecule has 0 aliphatic heterocycles. The number of carbonyl (C=O) groups is 6. The summed E-state index contributed by atoms with van der Waals surface area (Å²) >= 11 is 0. The highest BCUT2D eigenvalue weighted by atomic mass is 16.5. The molecule has 0 aliphatic rings. The van der Waals surface area contributed by atoms with Gasteiger partial charge in [-0.15, -0.1) is 0 Å². The molecule has 0 heterocycles. The molecule has 1 aromatic carbocycles. The van der Waals surface area contributed by atoms with Gasteiger partial charge in [-0.3, -0.25) is 28.8 Å². The van der Waals surface area contributed by atoms with Gasteiger partial charge in [0.25, 0.3) is 5.91 Å². The summed E-state index contributed by atoms with van der Waals surface area (Å²) in [6, 6.07) is 6.84. The normalized spacial score (nSPS) is 12.5. The predicted octanol–water partition coefficient (Wildman–Crippen LogP) is 6.49. The molecule has 46 heavy (non-hydrogen) atoms. The van der Waals surface area contributed by atoms with E-state index in [9.17, 15) is 28.8 Å². The van der Waals surface area contributed by atoms with Gasteiger partial charge in [-0.2, -0.15) is 0 Å². The molecule has 1 amide bonds. The first-order valence-electron chi connectivity index (χ1n) is 17.1. The van der Waals surface area contributed by atoms with Gasteiger partial charge in [0, 0.05) is 80.9 Å². The molecule has 0 saturated carbocycles. The van der Waals surface area contributed by atoms with E-state index in [4.69, 9.17) is 9.47 Å². The topological polar surface area (TPSA) is 124 Å². The molecular weight excluding hydrogens is 586 g/mol. The maximum absolute atomic E-state index is 13.5. The van der Waals surface area contributed by atoms with Crippen molar-refractivity contribution in [2.75, 3.05) is 39.5 Å². The van der Waals surface area contributed by atoms with Crippen molar-refractivity contribution in [2.24, 2.45) is 17.8 Å². The number of hydrogen-bond acceptors (Lipinski definition) is 8. The molecule has 0 N–H and O–H groups in total. The molecule has 2 unspecified atom stereocenters. The van der Waals surface area contributed by atoms with Crippen LogP contribution in [0.4, 0.5) is 0 Å². The molecule has 0 bridgehead atoms. The third kappa shape index (κ3) is 15.5. The highest BCUT2D eigenvalue weighted by molar-refractivity contribution is 6.00. The Hall–Kier alpha value is -3.04. The first-order chi connectivity index (χ1) is 22.0. The number of ketones is 5. The summed E-state index contributed by atoms with van der Waals surface area (Å²) < 4.78 is 11.3. The lowest BCUT2D eigenvalue weighted by atomic mass is 9.92. The summed E-state index contributed by atoms with van der Waals surface area (Å²) in [6.07, 6.45) is 4.96. The van der Waals surface area contributed by atoms with Gasteiger partial charge in [0.15, 0.2) is 5.78 Å². The molecule has 1 aromatic rings. The van der Waals surface area contributed by atoms with E-state index >= 15 is 0 Å². The molecule has 0 aliphatic carbocycles. The first kappa shape index (κ1) is 41.0. The minimum Gasteiger partial charge on any atom is -0.381 e. The third-order valence-corrected chi connectivity index (χ3v) is 8.63. The summed E-state index contributed by atoms with van der Waals surface area (Å²) in [5, 5.41) is 0. The number of ether oxygens (including phenoxy) is 2. The van der Waals surface area contributed by atoms with Crippen LogP contribution in [0.2, 0.25) is 0 Å². The molecule has 258 valence electrons. The maximum atomic E-state index is 13.5. The van der Waals surface area contributed by atoms with E-state index in [-0.39, 0.29) is 91.5 Å².